The van der Waals surface area contributed by atoms with Crippen LogP contribution < -0.4 is 5.73 Å². The zero-order chi connectivity index (χ0) is 10.8. The molecule has 0 aromatic carbocycles. The van der Waals surface area contributed by atoms with Crippen LogP contribution in [-0.4, -0.2) is 42.6 Å². The summed E-state index contributed by atoms with van der Waals surface area (Å²) in [6, 6.07) is 0. The van der Waals surface area contributed by atoms with E-state index in [0.29, 0.717) is 19.7 Å². The molecule has 0 spiro atoms. The SMILES string of the molecule is CC(C)(C)N1C[C@H](CN)COCC1=O. The van der Waals surface area contributed by atoms with E-state index >= 15 is 0 Å². The summed E-state index contributed by atoms with van der Waals surface area (Å²) in [6.07, 6.45) is 0. The fourth-order valence-corrected chi connectivity index (χ4v) is 1.59. The highest BCUT2D eigenvalue weighted by Crippen LogP contribution is 2.18. The van der Waals surface area contributed by atoms with E-state index in [0.717, 1.165) is 0 Å². The van der Waals surface area contributed by atoms with Gasteiger partial charge in [0.25, 0.3) is 0 Å². The maximum atomic E-state index is 11.7. The quantitative estimate of drug-likeness (QED) is 0.658. The van der Waals surface area contributed by atoms with Crippen molar-refractivity contribution in [2.75, 3.05) is 26.3 Å². The smallest absolute Gasteiger partial charge is 0.249 e. The van der Waals surface area contributed by atoms with Gasteiger partial charge in [-0.15, -0.1) is 0 Å². The van der Waals surface area contributed by atoms with E-state index in [1.807, 2.05) is 25.7 Å². The molecule has 0 radical (unpaired) electrons. The van der Waals surface area contributed by atoms with Crippen molar-refractivity contribution in [2.24, 2.45) is 11.7 Å². The molecular weight excluding hydrogens is 180 g/mol. The summed E-state index contributed by atoms with van der Waals surface area (Å²) in [7, 11) is 0. The Hall–Kier alpha value is -0.610. The molecule has 0 aromatic heterocycles. The first-order valence-corrected chi connectivity index (χ1v) is 5.03. The van der Waals surface area contributed by atoms with E-state index in [-0.39, 0.29) is 24.0 Å². The first kappa shape index (κ1) is 11.5. The normalized spacial score (nSPS) is 25.0. The van der Waals surface area contributed by atoms with Gasteiger partial charge in [0.2, 0.25) is 5.91 Å². The van der Waals surface area contributed by atoms with E-state index < -0.39 is 0 Å². The molecule has 0 aromatic rings. The number of nitrogens with two attached hydrogens (primary N) is 1. The first-order chi connectivity index (χ1) is 6.45. The zero-order valence-electron chi connectivity index (χ0n) is 9.25. The van der Waals surface area contributed by atoms with Gasteiger partial charge >= 0.3 is 0 Å². The molecule has 1 amide bonds. The summed E-state index contributed by atoms with van der Waals surface area (Å²) >= 11 is 0. The number of hydrogen-bond acceptors (Lipinski definition) is 3. The molecule has 14 heavy (non-hydrogen) atoms. The van der Waals surface area contributed by atoms with Crippen molar-refractivity contribution >= 4 is 5.91 Å². The van der Waals surface area contributed by atoms with Crippen LogP contribution in [0.15, 0.2) is 0 Å². The summed E-state index contributed by atoms with van der Waals surface area (Å²) in [6.45, 7) is 8.15. The lowest BCUT2D eigenvalue weighted by molar-refractivity contribution is -0.138. The van der Waals surface area contributed by atoms with Gasteiger partial charge in [0.1, 0.15) is 6.61 Å². The lowest BCUT2D eigenvalue weighted by Crippen LogP contribution is -2.48. The Bertz CT molecular complexity index is 211. The Labute approximate surface area is 85.4 Å². The van der Waals surface area contributed by atoms with Crippen LogP contribution in [0.3, 0.4) is 0 Å². The van der Waals surface area contributed by atoms with Crippen LogP contribution in [0, 0.1) is 5.92 Å². The summed E-state index contributed by atoms with van der Waals surface area (Å²) in [5.74, 6) is 0.328. The van der Waals surface area contributed by atoms with Crippen molar-refractivity contribution in [1.29, 1.82) is 0 Å². The van der Waals surface area contributed by atoms with E-state index in [1.54, 1.807) is 0 Å². The number of ether oxygens (including phenoxy) is 1. The van der Waals surface area contributed by atoms with Gasteiger partial charge in [0, 0.05) is 18.0 Å². The summed E-state index contributed by atoms with van der Waals surface area (Å²) in [5.41, 5.74) is 5.46. The lowest BCUT2D eigenvalue weighted by atomic mass is 10.0. The van der Waals surface area contributed by atoms with E-state index in [4.69, 9.17) is 10.5 Å². The predicted octanol–water partition coefficient (Wildman–Crippen LogP) is 0.219. The third-order valence-electron chi connectivity index (χ3n) is 2.46. The molecule has 1 fully saturated rings. The van der Waals surface area contributed by atoms with E-state index in [2.05, 4.69) is 0 Å². The molecule has 0 aliphatic carbocycles. The highest BCUT2D eigenvalue weighted by atomic mass is 16.5. The highest BCUT2D eigenvalue weighted by molar-refractivity contribution is 5.78. The Morgan fingerprint density at radius 1 is 1.57 bits per heavy atom. The molecule has 1 atom stereocenters. The number of hydrogen-bond donors (Lipinski definition) is 1. The molecule has 2 N–H and O–H groups in total. The van der Waals surface area contributed by atoms with Crippen LogP contribution in [0.4, 0.5) is 0 Å². The number of nitrogens with zero attached hydrogens (tertiary/aromatic N) is 1. The molecule has 1 saturated heterocycles. The van der Waals surface area contributed by atoms with Crippen LogP contribution in [0.2, 0.25) is 0 Å². The van der Waals surface area contributed by atoms with Gasteiger partial charge < -0.3 is 15.4 Å². The largest absolute Gasteiger partial charge is 0.371 e. The molecular formula is C10H20N2O2. The molecule has 1 rings (SSSR count). The van der Waals surface area contributed by atoms with Crippen molar-refractivity contribution in [2.45, 2.75) is 26.3 Å². The van der Waals surface area contributed by atoms with Gasteiger partial charge in [-0.3, -0.25) is 4.79 Å². The second-order valence-electron chi connectivity index (χ2n) is 4.79. The Balaban J connectivity index is 2.73. The molecule has 0 unspecified atom stereocenters. The second-order valence-corrected chi connectivity index (χ2v) is 4.79. The molecule has 0 bridgehead atoms. The van der Waals surface area contributed by atoms with Gasteiger partial charge in [-0.1, -0.05) is 0 Å². The molecule has 82 valence electrons. The Morgan fingerprint density at radius 2 is 2.21 bits per heavy atom. The minimum Gasteiger partial charge on any atom is -0.371 e. The average molecular weight is 200 g/mol. The standard InChI is InChI=1S/C10H20N2O2/c1-10(2,3)12-5-8(4-11)6-14-7-9(12)13/h8H,4-7,11H2,1-3H3/t8-/m0/s1. The number of carbonyl (C=O) groups is 1. The van der Waals surface area contributed by atoms with Crippen LogP contribution in [0.5, 0.6) is 0 Å². The van der Waals surface area contributed by atoms with Gasteiger partial charge in [-0.25, -0.2) is 0 Å². The van der Waals surface area contributed by atoms with Gasteiger partial charge in [0.15, 0.2) is 0 Å². The van der Waals surface area contributed by atoms with E-state index in [1.165, 1.54) is 0 Å². The number of amides is 1. The summed E-state index contributed by atoms with van der Waals surface area (Å²) < 4.78 is 5.26. The van der Waals surface area contributed by atoms with Gasteiger partial charge in [-0.05, 0) is 27.3 Å². The summed E-state index contributed by atoms with van der Waals surface area (Å²) in [5, 5.41) is 0. The van der Waals surface area contributed by atoms with Crippen LogP contribution in [-0.2, 0) is 9.53 Å². The maximum Gasteiger partial charge on any atom is 0.249 e. The van der Waals surface area contributed by atoms with Crippen molar-refractivity contribution < 1.29 is 9.53 Å². The average Bonchev–Trinajstić information content (AvgIpc) is 2.25. The minimum absolute atomic E-state index is 0.0634. The molecule has 4 heteroatoms. The summed E-state index contributed by atoms with van der Waals surface area (Å²) in [4.78, 5) is 13.5. The second kappa shape index (κ2) is 4.28. The van der Waals surface area contributed by atoms with Crippen LogP contribution in [0.1, 0.15) is 20.8 Å². The van der Waals surface area contributed by atoms with Crippen molar-refractivity contribution in [3.8, 4) is 0 Å². The fraction of sp³-hybridized carbons (Fsp3) is 0.900. The molecule has 1 aliphatic rings. The Morgan fingerprint density at radius 3 is 2.71 bits per heavy atom. The zero-order valence-corrected chi connectivity index (χ0v) is 9.25. The molecule has 0 saturated carbocycles. The maximum absolute atomic E-state index is 11.7. The minimum atomic E-state index is -0.141. The van der Waals surface area contributed by atoms with Gasteiger partial charge in [0.05, 0.1) is 6.61 Å². The van der Waals surface area contributed by atoms with Crippen molar-refractivity contribution in [3.63, 3.8) is 0 Å². The highest BCUT2D eigenvalue weighted by Gasteiger charge is 2.30. The first-order valence-electron chi connectivity index (χ1n) is 5.03. The van der Waals surface area contributed by atoms with Crippen LogP contribution >= 0.6 is 0 Å². The third-order valence-corrected chi connectivity index (χ3v) is 2.46. The van der Waals surface area contributed by atoms with Gasteiger partial charge in [-0.2, -0.15) is 0 Å². The van der Waals surface area contributed by atoms with Crippen molar-refractivity contribution in [1.82, 2.24) is 4.90 Å². The molecule has 1 aliphatic heterocycles. The molecule has 1 heterocycles. The third kappa shape index (κ3) is 2.69. The number of carbonyl (C=O) groups excluding carboxylic acids is 1. The Kier molecular flexibility index (Phi) is 3.50. The molecule has 4 nitrogen and oxygen atoms in total. The topological polar surface area (TPSA) is 55.6 Å². The predicted molar refractivity (Wildman–Crippen MR) is 54.8 cm³/mol. The number of rotatable bonds is 1. The lowest BCUT2D eigenvalue weighted by Gasteiger charge is -2.35. The van der Waals surface area contributed by atoms with Crippen molar-refractivity contribution in [3.05, 3.63) is 0 Å². The van der Waals surface area contributed by atoms with E-state index in [9.17, 15) is 4.79 Å². The van der Waals surface area contributed by atoms with Crippen LogP contribution in [0.25, 0.3) is 0 Å². The monoisotopic (exact) mass is 200 g/mol. The fourth-order valence-electron chi connectivity index (χ4n) is 1.59.